The van der Waals surface area contributed by atoms with Crippen LogP contribution in [0.5, 0.6) is 0 Å². The molecular formula is C12H18IN5OS. The summed E-state index contributed by atoms with van der Waals surface area (Å²) in [6, 6.07) is 4.22. The Labute approximate surface area is 139 Å². The Kier molecular flexibility index (Phi) is 6.93. The number of nitrogens with one attached hydrogen (secondary N) is 2. The van der Waals surface area contributed by atoms with Crippen molar-refractivity contribution in [1.29, 1.82) is 0 Å². The summed E-state index contributed by atoms with van der Waals surface area (Å²) in [6.45, 7) is 5.10. The van der Waals surface area contributed by atoms with Gasteiger partial charge in [0, 0.05) is 16.8 Å². The van der Waals surface area contributed by atoms with Crippen molar-refractivity contribution in [2.75, 3.05) is 7.05 Å². The molecule has 0 saturated carbocycles. The summed E-state index contributed by atoms with van der Waals surface area (Å²) in [7, 11) is 1.73. The lowest BCUT2D eigenvalue weighted by atomic mass is 10.4. The third kappa shape index (κ3) is 5.08. The third-order valence-corrected chi connectivity index (χ3v) is 3.43. The highest BCUT2D eigenvalue weighted by molar-refractivity contribution is 14.0. The molecule has 2 rings (SSSR count). The highest BCUT2D eigenvalue weighted by Crippen LogP contribution is 2.14. The maximum Gasteiger partial charge on any atom is 0.246 e. The van der Waals surface area contributed by atoms with E-state index in [0.29, 0.717) is 24.2 Å². The second-order valence-corrected chi connectivity index (χ2v) is 5.40. The zero-order valence-corrected chi connectivity index (χ0v) is 14.8. The molecule has 0 aliphatic carbocycles. The number of aliphatic imine (C=N–C) groups is 1. The van der Waals surface area contributed by atoms with E-state index in [1.54, 1.807) is 25.3 Å². The van der Waals surface area contributed by atoms with Crippen molar-refractivity contribution in [3.8, 4) is 0 Å². The Balaban J connectivity index is 0.00000200. The van der Waals surface area contributed by atoms with Crippen LogP contribution in [0.1, 0.15) is 21.5 Å². The number of hydrogen-bond acceptors (Lipinski definition) is 5. The second-order valence-electron chi connectivity index (χ2n) is 4.03. The van der Waals surface area contributed by atoms with E-state index < -0.39 is 0 Å². The average molecular weight is 407 g/mol. The maximum atomic E-state index is 5.02. The van der Waals surface area contributed by atoms with Gasteiger partial charge in [-0.25, -0.2) is 0 Å². The minimum atomic E-state index is 0. The van der Waals surface area contributed by atoms with E-state index in [1.807, 2.05) is 0 Å². The van der Waals surface area contributed by atoms with E-state index >= 15 is 0 Å². The first-order valence-corrected chi connectivity index (χ1v) is 6.78. The van der Waals surface area contributed by atoms with Crippen LogP contribution in [0.3, 0.4) is 0 Å². The minimum absolute atomic E-state index is 0. The molecule has 0 aliphatic heterocycles. The molecule has 2 heterocycles. The van der Waals surface area contributed by atoms with Crippen LogP contribution in [0.25, 0.3) is 0 Å². The summed E-state index contributed by atoms with van der Waals surface area (Å²) in [4.78, 5) is 10.8. The third-order valence-electron chi connectivity index (χ3n) is 2.43. The fourth-order valence-corrected chi connectivity index (χ4v) is 2.37. The van der Waals surface area contributed by atoms with Gasteiger partial charge in [0.1, 0.15) is 0 Å². The first-order valence-electron chi connectivity index (χ1n) is 5.96. The fourth-order valence-electron chi connectivity index (χ4n) is 1.54. The van der Waals surface area contributed by atoms with Crippen molar-refractivity contribution in [3.63, 3.8) is 0 Å². The number of halogens is 1. The molecule has 6 nitrogen and oxygen atoms in total. The minimum Gasteiger partial charge on any atom is -0.352 e. The van der Waals surface area contributed by atoms with Gasteiger partial charge in [0.15, 0.2) is 11.8 Å². The lowest BCUT2D eigenvalue weighted by Gasteiger charge is -2.09. The Morgan fingerprint density at radius 1 is 1.30 bits per heavy atom. The van der Waals surface area contributed by atoms with E-state index in [-0.39, 0.29) is 24.0 Å². The maximum absolute atomic E-state index is 5.02. The number of rotatable bonds is 4. The van der Waals surface area contributed by atoms with Crippen LogP contribution in [0.15, 0.2) is 21.6 Å². The number of hydrogen-bond donors (Lipinski definition) is 2. The van der Waals surface area contributed by atoms with Crippen molar-refractivity contribution in [2.24, 2.45) is 4.99 Å². The molecule has 2 aromatic rings. The Bertz CT molecular complexity index is 519. The molecule has 0 aromatic carbocycles. The highest BCUT2D eigenvalue weighted by Gasteiger charge is 2.04. The van der Waals surface area contributed by atoms with Gasteiger partial charge in [-0.1, -0.05) is 5.16 Å². The van der Waals surface area contributed by atoms with Crippen LogP contribution in [0.4, 0.5) is 0 Å². The van der Waals surface area contributed by atoms with Crippen molar-refractivity contribution in [3.05, 3.63) is 33.6 Å². The number of nitrogens with zero attached hydrogens (tertiary/aromatic N) is 3. The summed E-state index contributed by atoms with van der Waals surface area (Å²) in [5.41, 5.74) is 0. The van der Waals surface area contributed by atoms with Crippen LogP contribution in [-0.2, 0) is 13.1 Å². The molecule has 0 unspecified atom stereocenters. The lowest BCUT2D eigenvalue weighted by Crippen LogP contribution is -2.36. The van der Waals surface area contributed by atoms with Gasteiger partial charge in [-0.3, -0.25) is 4.99 Å². The fraction of sp³-hybridized carbons (Fsp3) is 0.417. The summed E-state index contributed by atoms with van der Waals surface area (Å²) >= 11 is 1.77. The van der Waals surface area contributed by atoms with Crippen molar-refractivity contribution in [2.45, 2.75) is 26.9 Å². The quantitative estimate of drug-likeness (QED) is 0.462. The van der Waals surface area contributed by atoms with Gasteiger partial charge >= 0.3 is 0 Å². The van der Waals surface area contributed by atoms with Crippen molar-refractivity contribution in [1.82, 2.24) is 20.8 Å². The highest BCUT2D eigenvalue weighted by atomic mass is 127. The molecule has 0 atom stereocenters. The normalized spacial score (nSPS) is 11.1. The molecule has 0 amide bonds. The average Bonchev–Trinajstić information content (AvgIpc) is 2.99. The van der Waals surface area contributed by atoms with E-state index in [4.69, 9.17) is 4.52 Å². The molecule has 0 bridgehead atoms. The monoisotopic (exact) mass is 407 g/mol. The number of aromatic nitrogens is 2. The van der Waals surface area contributed by atoms with Gasteiger partial charge in [0.25, 0.3) is 0 Å². The standard InChI is InChI=1S/C12H17N5OS.HI/c1-8-4-5-10(19-8)6-14-12(13-3)15-7-11-16-9(2)17-18-11;/h4-5H,6-7H2,1-3H3,(H2,13,14,15);1H. The van der Waals surface area contributed by atoms with Crippen LogP contribution in [0.2, 0.25) is 0 Å². The second kappa shape index (κ2) is 8.20. The molecule has 2 N–H and O–H groups in total. The molecule has 0 spiro atoms. The van der Waals surface area contributed by atoms with Crippen LogP contribution >= 0.6 is 35.3 Å². The summed E-state index contributed by atoms with van der Waals surface area (Å²) in [6.07, 6.45) is 0. The number of guanidine groups is 1. The number of aryl methyl sites for hydroxylation is 2. The summed E-state index contributed by atoms with van der Waals surface area (Å²) in [5, 5.41) is 10.1. The molecule has 0 aliphatic rings. The van der Waals surface area contributed by atoms with Crippen molar-refractivity contribution < 1.29 is 4.52 Å². The molecule has 0 fully saturated rings. The van der Waals surface area contributed by atoms with E-state index in [9.17, 15) is 0 Å². The SMILES string of the molecule is CN=C(NCc1nc(C)no1)NCc1ccc(C)s1.I. The van der Waals surface area contributed by atoms with E-state index in [0.717, 1.165) is 6.54 Å². The Morgan fingerprint density at radius 2 is 2.05 bits per heavy atom. The van der Waals surface area contributed by atoms with Gasteiger partial charge in [-0.2, -0.15) is 4.98 Å². The molecule has 20 heavy (non-hydrogen) atoms. The van der Waals surface area contributed by atoms with Gasteiger partial charge in [0.2, 0.25) is 5.89 Å². The molecular weight excluding hydrogens is 389 g/mol. The summed E-state index contributed by atoms with van der Waals surface area (Å²) in [5.74, 6) is 1.89. The van der Waals surface area contributed by atoms with E-state index in [2.05, 4.69) is 44.8 Å². The summed E-state index contributed by atoms with van der Waals surface area (Å²) < 4.78 is 5.02. The Hall–Kier alpha value is -1.16. The molecule has 0 radical (unpaired) electrons. The molecule has 8 heteroatoms. The molecule has 0 saturated heterocycles. The predicted molar refractivity (Wildman–Crippen MR) is 90.5 cm³/mol. The van der Waals surface area contributed by atoms with Crippen LogP contribution in [-0.4, -0.2) is 23.1 Å². The predicted octanol–water partition coefficient (Wildman–Crippen LogP) is 2.23. The molecule has 110 valence electrons. The first kappa shape index (κ1) is 16.9. The zero-order valence-electron chi connectivity index (χ0n) is 11.6. The van der Waals surface area contributed by atoms with E-state index in [1.165, 1.54) is 9.75 Å². The largest absolute Gasteiger partial charge is 0.352 e. The smallest absolute Gasteiger partial charge is 0.246 e. The Morgan fingerprint density at radius 3 is 2.60 bits per heavy atom. The van der Waals surface area contributed by atoms with Crippen LogP contribution < -0.4 is 10.6 Å². The van der Waals surface area contributed by atoms with Gasteiger partial charge < -0.3 is 15.2 Å². The molecule has 2 aromatic heterocycles. The topological polar surface area (TPSA) is 75.3 Å². The lowest BCUT2D eigenvalue weighted by molar-refractivity contribution is 0.371. The van der Waals surface area contributed by atoms with Gasteiger partial charge in [-0.05, 0) is 26.0 Å². The van der Waals surface area contributed by atoms with Crippen LogP contribution in [0, 0.1) is 13.8 Å². The van der Waals surface area contributed by atoms with Gasteiger partial charge in [-0.15, -0.1) is 35.3 Å². The first-order chi connectivity index (χ1) is 9.17. The van der Waals surface area contributed by atoms with Crippen molar-refractivity contribution >= 4 is 41.3 Å². The van der Waals surface area contributed by atoms with Gasteiger partial charge in [0.05, 0.1) is 13.1 Å². The number of thiophene rings is 1. The zero-order chi connectivity index (χ0) is 13.7.